The second-order valence-corrected chi connectivity index (χ2v) is 5.73. The van der Waals surface area contributed by atoms with Gasteiger partial charge in [0.15, 0.2) is 5.82 Å². The molecule has 0 bridgehead atoms. The lowest BCUT2D eigenvalue weighted by Gasteiger charge is -2.14. The number of aromatic nitrogens is 2. The Labute approximate surface area is 133 Å². The molecule has 108 valence electrons. The molecule has 1 aliphatic heterocycles. The summed E-state index contributed by atoms with van der Waals surface area (Å²) in [6.45, 7) is 0.851. The normalized spacial score (nSPS) is 13.6. The van der Waals surface area contributed by atoms with Crippen molar-refractivity contribution in [2.75, 3.05) is 0 Å². The zero-order valence-corrected chi connectivity index (χ0v) is 12.7. The summed E-state index contributed by atoms with van der Waals surface area (Å²) in [4.78, 5) is 4.77. The maximum absolute atomic E-state index is 5.95. The quantitative estimate of drug-likeness (QED) is 0.673. The second-order valence-electron chi connectivity index (χ2n) is 5.29. The maximum Gasteiger partial charge on any atom is 0.151 e. The van der Waals surface area contributed by atoms with Gasteiger partial charge in [-0.2, -0.15) is 5.10 Å². The van der Waals surface area contributed by atoms with Gasteiger partial charge in [0.25, 0.3) is 0 Å². The zero-order chi connectivity index (χ0) is 14.9. The molecule has 0 unspecified atom stereocenters. The van der Waals surface area contributed by atoms with E-state index in [9.17, 15) is 0 Å². The van der Waals surface area contributed by atoms with Gasteiger partial charge in [-0.15, -0.1) is 0 Å². The molecular weight excluding hydrogens is 294 g/mol. The minimum absolute atomic E-state index is 0.747. The van der Waals surface area contributed by atoms with E-state index in [0.717, 1.165) is 46.3 Å². The lowest BCUT2D eigenvalue weighted by molar-refractivity contribution is 0.627. The number of nitrogens with zero attached hydrogens (tertiary/aromatic N) is 3. The molecule has 2 heterocycles. The molecule has 3 aromatic rings. The van der Waals surface area contributed by atoms with Crippen LogP contribution < -0.4 is 0 Å². The van der Waals surface area contributed by atoms with E-state index in [4.69, 9.17) is 16.6 Å². The third-order valence-corrected chi connectivity index (χ3v) is 4.07. The Morgan fingerprint density at radius 1 is 0.909 bits per heavy atom. The van der Waals surface area contributed by atoms with Crippen LogP contribution in [0.2, 0.25) is 5.02 Å². The van der Waals surface area contributed by atoms with E-state index in [1.165, 1.54) is 0 Å². The number of aliphatic imine (C=N–C) groups is 1. The molecule has 4 heteroatoms. The summed E-state index contributed by atoms with van der Waals surface area (Å²) in [5, 5.41) is 5.40. The zero-order valence-electron chi connectivity index (χ0n) is 11.9. The van der Waals surface area contributed by atoms with Crippen LogP contribution in [0.15, 0.2) is 65.7 Å². The van der Waals surface area contributed by atoms with Gasteiger partial charge in [0.05, 0.1) is 11.4 Å². The first-order valence-electron chi connectivity index (χ1n) is 7.26. The Balaban J connectivity index is 1.71. The molecule has 4 rings (SSSR count). The first-order valence-corrected chi connectivity index (χ1v) is 7.64. The topological polar surface area (TPSA) is 30.2 Å². The van der Waals surface area contributed by atoms with Crippen LogP contribution in [-0.2, 0) is 6.54 Å². The SMILES string of the molecule is Clc1ccc(C2=Nc3cc(-c4ccccc4)nn3CC2)cc1. The second kappa shape index (κ2) is 5.43. The largest absolute Gasteiger partial charge is 0.247 e. The molecule has 0 atom stereocenters. The average Bonchev–Trinajstić information content (AvgIpc) is 2.99. The smallest absolute Gasteiger partial charge is 0.151 e. The van der Waals surface area contributed by atoms with E-state index in [0.29, 0.717) is 0 Å². The number of halogens is 1. The Bertz CT molecular complexity index is 833. The molecule has 2 aromatic carbocycles. The fourth-order valence-corrected chi connectivity index (χ4v) is 2.79. The van der Waals surface area contributed by atoms with Crippen molar-refractivity contribution in [1.29, 1.82) is 0 Å². The van der Waals surface area contributed by atoms with Gasteiger partial charge in [-0.05, 0) is 17.7 Å². The van der Waals surface area contributed by atoms with Crippen molar-refractivity contribution in [3.05, 3.63) is 71.2 Å². The average molecular weight is 308 g/mol. The van der Waals surface area contributed by atoms with Crippen molar-refractivity contribution in [3.8, 4) is 11.3 Å². The van der Waals surface area contributed by atoms with Crippen molar-refractivity contribution in [2.24, 2.45) is 4.99 Å². The van der Waals surface area contributed by atoms with Gasteiger partial charge in [-0.1, -0.05) is 54.1 Å². The molecule has 0 N–H and O–H groups in total. The van der Waals surface area contributed by atoms with Gasteiger partial charge in [-0.3, -0.25) is 0 Å². The minimum Gasteiger partial charge on any atom is -0.247 e. The fourth-order valence-electron chi connectivity index (χ4n) is 2.67. The number of rotatable bonds is 2. The van der Waals surface area contributed by atoms with Crippen LogP contribution in [-0.4, -0.2) is 15.5 Å². The van der Waals surface area contributed by atoms with Gasteiger partial charge in [0.2, 0.25) is 0 Å². The van der Waals surface area contributed by atoms with Gasteiger partial charge < -0.3 is 0 Å². The highest BCUT2D eigenvalue weighted by Gasteiger charge is 2.16. The predicted molar refractivity (Wildman–Crippen MR) is 89.9 cm³/mol. The lowest BCUT2D eigenvalue weighted by Crippen LogP contribution is -2.13. The summed E-state index contributed by atoms with van der Waals surface area (Å²) in [6.07, 6.45) is 0.880. The number of fused-ring (bicyclic) bond motifs is 1. The molecule has 0 saturated carbocycles. The maximum atomic E-state index is 5.95. The third kappa shape index (κ3) is 2.44. The summed E-state index contributed by atoms with van der Waals surface area (Å²) >= 11 is 5.95. The van der Waals surface area contributed by atoms with Crippen molar-refractivity contribution in [1.82, 2.24) is 9.78 Å². The molecule has 0 saturated heterocycles. The predicted octanol–water partition coefficient (Wildman–Crippen LogP) is 4.73. The highest BCUT2D eigenvalue weighted by molar-refractivity contribution is 6.30. The van der Waals surface area contributed by atoms with Gasteiger partial charge in [0, 0.05) is 29.6 Å². The number of hydrogen-bond acceptors (Lipinski definition) is 2. The van der Waals surface area contributed by atoms with E-state index in [2.05, 4.69) is 17.2 Å². The lowest BCUT2D eigenvalue weighted by atomic mass is 10.1. The van der Waals surface area contributed by atoms with Crippen LogP contribution >= 0.6 is 11.6 Å². The highest BCUT2D eigenvalue weighted by Crippen LogP contribution is 2.28. The molecule has 0 spiro atoms. The van der Waals surface area contributed by atoms with Crippen LogP contribution in [0.3, 0.4) is 0 Å². The Morgan fingerprint density at radius 2 is 1.68 bits per heavy atom. The van der Waals surface area contributed by atoms with Gasteiger partial charge in [0.1, 0.15) is 0 Å². The first-order chi connectivity index (χ1) is 10.8. The van der Waals surface area contributed by atoms with E-state index in [-0.39, 0.29) is 0 Å². The van der Waals surface area contributed by atoms with Crippen LogP contribution in [0, 0.1) is 0 Å². The Morgan fingerprint density at radius 3 is 2.45 bits per heavy atom. The summed E-state index contributed by atoms with van der Waals surface area (Å²) in [6, 6.07) is 20.1. The van der Waals surface area contributed by atoms with E-state index < -0.39 is 0 Å². The van der Waals surface area contributed by atoms with Gasteiger partial charge >= 0.3 is 0 Å². The van der Waals surface area contributed by atoms with Crippen molar-refractivity contribution < 1.29 is 0 Å². The summed E-state index contributed by atoms with van der Waals surface area (Å²) < 4.78 is 1.97. The van der Waals surface area contributed by atoms with E-state index >= 15 is 0 Å². The molecule has 0 aliphatic carbocycles. The molecule has 1 aliphatic rings. The Kier molecular flexibility index (Phi) is 3.28. The third-order valence-electron chi connectivity index (χ3n) is 3.82. The van der Waals surface area contributed by atoms with E-state index in [1.54, 1.807) is 0 Å². The van der Waals surface area contributed by atoms with Crippen LogP contribution in [0.1, 0.15) is 12.0 Å². The summed E-state index contributed by atoms with van der Waals surface area (Å²) in [7, 11) is 0. The number of aryl methyl sites for hydroxylation is 1. The van der Waals surface area contributed by atoms with Crippen LogP contribution in [0.4, 0.5) is 5.82 Å². The first kappa shape index (κ1) is 13.3. The van der Waals surface area contributed by atoms with Crippen LogP contribution in [0.5, 0.6) is 0 Å². The molecule has 0 fully saturated rings. The van der Waals surface area contributed by atoms with Crippen molar-refractivity contribution >= 4 is 23.1 Å². The monoisotopic (exact) mass is 307 g/mol. The molecule has 1 aromatic heterocycles. The minimum atomic E-state index is 0.747. The Hall–Kier alpha value is -2.39. The molecule has 22 heavy (non-hydrogen) atoms. The van der Waals surface area contributed by atoms with E-state index in [1.807, 2.05) is 53.2 Å². The highest BCUT2D eigenvalue weighted by atomic mass is 35.5. The molecule has 0 amide bonds. The standard InChI is InChI=1S/C18H14ClN3/c19-15-8-6-14(7-9-15)16-10-11-22-18(20-16)12-17(21-22)13-4-2-1-3-5-13/h1-9,12H,10-11H2. The molecule has 3 nitrogen and oxygen atoms in total. The van der Waals surface area contributed by atoms with Gasteiger partial charge in [-0.25, -0.2) is 9.67 Å². The van der Waals surface area contributed by atoms with Crippen molar-refractivity contribution in [3.63, 3.8) is 0 Å². The summed E-state index contributed by atoms with van der Waals surface area (Å²) in [5.41, 5.74) is 4.30. The number of benzene rings is 2. The molecular formula is C18H14ClN3. The summed E-state index contributed by atoms with van der Waals surface area (Å²) in [5.74, 6) is 0.912. The van der Waals surface area contributed by atoms with Crippen molar-refractivity contribution in [2.45, 2.75) is 13.0 Å². The van der Waals surface area contributed by atoms with Crippen LogP contribution in [0.25, 0.3) is 11.3 Å². The number of hydrogen-bond donors (Lipinski definition) is 0. The molecule has 0 radical (unpaired) electrons. The fraction of sp³-hybridized carbons (Fsp3) is 0.111.